The van der Waals surface area contributed by atoms with E-state index in [0.717, 1.165) is 17.7 Å². The molecule has 1 N–H and O–H groups in total. The number of methoxy groups -OCH3 is 1. The number of furan rings is 1. The van der Waals surface area contributed by atoms with E-state index >= 15 is 0 Å². The standard InChI is InChI=1S/C14H14Br2FNO2/c1-3-18-13(8-4-5-20-14(8)16)9-6-10(15)11(17)7-12(9)19-2/h4-7,13,18H,3H2,1-2H3. The van der Waals surface area contributed by atoms with E-state index in [9.17, 15) is 4.39 Å². The molecule has 0 aliphatic heterocycles. The number of hydrogen-bond donors (Lipinski definition) is 1. The predicted molar refractivity (Wildman–Crippen MR) is 82.6 cm³/mol. The molecule has 2 rings (SSSR count). The van der Waals surface area contributed by atoms with Crippen LogP contribution in [0.3, 0.4) is 0 Å². The topological polar surface area (TPSA) is 34.4 Å². The van der Waals surface area contributed by atoms with Crippen molar-refractivity contribution in [2.75, 3.05) is 13.7 Å². The number of hydrogen-bond acceptors (Lipinski definition) is 3. The van der Waals surface area contributed by atoms with E-state index in [4.69, 9.17) is 9.15 Å². The van der Waals surface area contributed by atoms with Gasteiger partial charge in [-0.05, 0) is 50.5 Å². The van der Waals surface area contributed by atoms with Gasteiger partial charge < -0.3 is 14.5 Å². The molecule has 1 heterocycles. The Morgan fingerprint density at radius 3 is 2.65 bits per heavy atom. The first-order valence-electron chi connectivity index (χ1n) is 6.07. The molecule has 0 fully saturated rings. The molecule has 1 unspecified atom stereocenters. The maximum Gasteiger partial charge on any atom is 0.174 e. The fourth-order valence-corrected chi connectivity index (χ4v) is 2.88. The Morgan fingerprint density at radius 2 is 2.10 bits per heavy atom. The van der Waals surface area contributed by atoms with Gasteiger partial charge in [-0.15, -0.1) is 0 Å². The third kappa shape index (κ3) is 3.07. The SMILES string of the molecule is CCNC(c1cc(Br)c(F)cc1OC)c1ccoc1Br. The number of halogens is 3. The summed E-state index contributed by atoms with van der Waals surface area (Å²) in [5, 5.41) is 3.35. The monoisotopic (exact) mass is 405 g/mol. The molecule has 1 aromatic carbocycles. The summed E-state index contributed by atoms with van der Waals surface area (Å²) < 4.78 is 25.3. The second-order valence-corrected chi connectivity index (χ2v) is 5.72. The van der Waals surface area contributed by atoms with Crippen LogP contribution in [0.25, 0.3) is 0 Å². The predicted octanol–water partition coefficient (Wildman–Crippen LogP) is 4.65. The Hall–Kier alpha value is -0.850. The van der Waals surface area contributed by atoms with E-state index in [1.807, 2.05) is 13.0 Å². The van der Waals surface area contributed by atoms with Gasteiger partial charge in [-0.25, -0.2) is 4.39 Å². The molecule has 0 saturated heterocycles. The van der Waals surface area contributed by atoms with Crippen LogP contribution in [0.5, 0.6) is 5.75 Å². The Bertz CT molecular complexity index is 601. The molecule has 0 bridgehead atoms. The normalized spacial score (nSPS) is 12.4. The number of rotatable bonds is 5. The van der Waals surface area contributed by atoms with Crippen molar-refractivity contribution in [3.63, 3.8) is 0 Å². The van der Waals surface area contributed by atoms with Crippen molar-refractivity contribution in [3.05, 3.63) is 50.5 Å². The van der Waals surface area contributed by atoms with Crippen LogP contribution < -0.4 is 10.1 Å². The average Bonchev–Trinajstić information content (AvgIpc) is 2.85. The van der Waals surface area contributed by atoms with Gasteiger partial charge in [0.25, 0.3) is 0 Å². The number of benzene rings is 1. The highest BCUT2D eigenvalue weighted by atomic mass is 79.9. The Kier molecular flexibility index (Phi) is 5.23. The molecule has 1 aromatic heterocycles. The highest BCUT2D eigenvalue weighted by Crippen LogP contribution is 2.36. The second-order valence-electron chi connectivity index (χ2n) is 4.15. The second kappa shape index (κ2) is 6.74. The molecular weight excluding hydrogens is 393 g/mol. The maximum absolute atomic E-state index is 13.6. The van der Waals surface area contributed by atoms with Crippen LogP contribution in [0.2, 0.25) is 0 Å². The summed E-state index contributed by atoms with van der Waals surface area (Å²) in [5.41, 5.74) is 1.77. The Balaban J connectivity index is 2.55. The molecule has 20 heavy (non-hydrogen) atoms. The molecule has 6 heteroatoms. The molecule has 0 aliphatic rings. The molecule has 108 valence electrons. The molecule has 0 spiro atoms. The van der Waals surface area contributed by atoms with Crippen molar-refractivity contribution in [1.82, 2.24) is 5.32 Å². The summed E-state index contributed by atoms with van der Waals surface area (Å²) in [5.74, 6) is 0.136. The molecular formula is C14H14Br2FNO2. The third-order valence-corrected chi connectivity index (χ3v) is 4.20. The van der Waals surface area contributed by atoms with Gasteiger partial charge in [0.2, 0.25) is 0 Å². The first kappa shape index (κ1) is 15.5. The van der Waals surface area contributed by atoms with E-state index in [1.165, 1.54) is 13.2 Å². The van der Waals surface area contributed by atoms with Crippen LogP contribution in [0, 0.1) is 5.82 Å². The Labute approximate surface area is 133 Å². The van der Waals surface area contributed by atoms with Crippen LogP contribution >= 0.6 is 31.9 Å². The van der Waals surface area contributed by atoms with Crippen molar-refractivity contribution in [2.45, 2.75) is 13.0 Å². The van der Waals surface area contributed by atoms with Crippen molar-refractivity contribution >= 4 is 31.9 Å². The zero-order chi connectivity index (χ0) is 14.7. The van der Waals surface area contributed by atoms with Crippen LogP contribution in [0.4, 0.5) is 4.39 Å². The summed E-state index contributed by atoms with van der Waals surface area (Å²) in [6.07, 6.45) is 1.61. The number of nitrogens with one attached hydrogen (secondary N) is 1. The van der Waals surface area contributed by atoms with Crippen LogP contribution in [0.15, 0.2) is 38.0 Å². The lowest BCUT2D eigenvalue weighted by molar-refractivity contribution is 0.400. The summed E-state index contributed by atoms with van der Waals surface area (Å²) in [7, 11) is 1.53. The summed E-state index contributed by atoms with van der Waals surface area (Å²) in [6.45, 7) is 2.76. The van der Waals surface area contributed by atoms with Gasteiger partial charge in [0, 0.05) is 17.2 Å². The lowest BCUT2D eigenvalue weighted by Gasteiger charge is -2.20. The van der Waals surface area contributed by atoms with E-state index in [-0.39, 0.29) is 11.9 Å². The summed E-state index contributed by atoms with van der Waals surface area (Å²) >= 11 is 6.60. The average molecular weight is 407 g/mol. The third-order valence-electron chi connectivity index (χ3n) is 2.95. The van der Waals surface area contributed by atoms with Crippen molar-refractivity contribution < 1.29 is 13.5 Å². The van der Waals surface area contributed by atoms with E-state index < -0.39 is 0 Å². The van der Waals surface area contributed by atoms with Crippen molar-refractivity contribution in [1.29, 1.82) is 0 Å². The minimum absolute atomic E-state index is 0.153. The molecule has 0 amide bonds. The fourth-order valence-electron chi connectivity index (χ4n) is 2.05. The first-order chi connectivity index (χ1) is 9.58. The minimum Gasteiger partial charge on any atom is -0.496 e. The van der Waals surface area contributed by atoms with Gasteiger partial charge in [-0.3, -0.25) is 0 Å². The molecule has 0 radical (unpaired) electrons. The van der Waals surface area contributed by atoms with Gasteiger partial charge in [0.15, 0.2) is 4.67 Å². The zero-order valence-corrected chi connectivity index (χ0v) is 14.2. The maximum atomic E-state index is 13.6. The van der Waals surface area contributed by atoms with Crippen LogP contribution in [-0.2, 0) is 0 Å². The largest absolute Gasteiger partial charge is 0.496 e. The molecule has 0 saturated carbocycles. The summed E-state index contributed by atoms with van der Waals surface area (Å²) in [6, 6.07) is 4.81. The highest BCUT2D eigenvalue weighted by molar-refractivity contribution is 9.10. The van der Waals surface area contributed by atoms with Crippen LogP contribution in [-0.4, -0.2) is 13.7 Å². The zero-order valence-electron chi connectivity index (χ0n) is 11.0. The van der Waals surface area contributed by atoms with E-state index in [2.05, 4.69) is 37.2 Å². The first-order valence-corrected chi connectivity index (χ1v) is 7.66. The molecule has 3 nitrogen and oxygen atoms in total. The quantitative estimate of drug-likeness (QED) is 0.784. The van der Waals surface area contributed by atoms with Crippen molar-refractivity contribution in [3.8, 4) is 5.75 Å². The Morgan fingerprint density at radius 1 is 1.35 bits per heavy atom. The van der Waals surface area contributed by atoms with E-state index in [0.29, 0.717) is 14.9 Å². The van der Waals surface area contributed by atoms with Crippen LogP contribution in [0.1, 0.15) is 24.1 Å². The van der Waals surface area contributed by atoms with E-state index in [1.54, 1.807) is 12.3 Å². The summed E-state index contributed by atoms with van der Waals surface area (Å²) in [4.78, 5) is 0. The molecule has 2 aromatic rings. The van der Waals surface area contributed by atoms with Gasteiger partial charge in [0.05, 0.1) is 23.9 Å². The van der Waals surface area contributed by atoms with Crippen molar-refractivity contribution in [2.24, 2.45) is 0 Å². The number of ether oxygens (including phenoxy) is 1. The molecule has 1 atom stereocenters. The lowest BCUT2D eigenvalue weighted by Crippen LogP contribution is -2.22. The van der Waals surface area contributed by atoms with Gasteiger partial charge in [-0.1, -0.05) is 6.92 Å². The smallest absolute Gasteiger partial charge is 0.174 e. The van der Waals surface area contributed by atoms with Gasteiger partial charge >= 0.3 is 0 Å². The lowest BCUT2D eigenvalue weighted by atomic mass is 10.00. The van der Waals surface area contributed by atoms with Gasteiger partial charge in [-0.2, -0.15) is 0 Å². The fraction of sp³-hybridized carbons (Fsp3) is 0.286. The molecule has 0 aliphatic carbocycles. The van der Waals surface area contributed by atoms with Gasteiger partial charge in [0.1, 0.15) is 11.6 Å². The highest BCUT2D eigenvalue weighted by Gasteiger charge is 2.23. The minimum atomic E-state index is -0.355.